The van der Waals surface area contributed by atoms with Gasteiger partial charge in [0, 0.05) is 10.9 Å². The van der Waals surface area contributed by atoms with E-state index in [0.717, 1.165) is 10.9 Å². The van der Waals surface area contributed by atoms with Crippen LogP contribution in [0.5, 0.6) is 11.5 Å². The number of phenols is 1. The molecule has 0 aliphatic rings. The number of hydrogen-bond acceptors (Lipinski definition) is 5. The summed E-state index contributed by atoms with van der Waals surface area (Å²) in [4.78, 5) is 4.45. The maximum absolute atomic E-state index is 9.97. The molecule has 0 aliphatic heterocycles. The van der Waals surface area contributed by atoms with Crippen molar-refractivity contribution in [3.05, 3.63) is 60.2 Å². The molecule has 0 amide bonds. The van der Waals surface area contributed by atoms with Gasteiger partial charge in [0.25, 0.3) is 0 Å². The molecule has 22 heavy (non-hydrogen) atoms. The number of hydrazone groups is 1. The zero-order valence-electron chi connectivity index (χ0n) is 12.0. The minimum atomic E-state index is 0.0574. The number of methoxy groups -OCH3 is 1. The Kier molecular flexibility index (Phi) is 3.87. The number of para-hydroxylation sites is 2. The Morgan fingerprint density at radius 1 is 1.09 bits per heavy atom. The lowest BCUT2D eigenvalue weighted by Gasteiger charge is -2.05. The van der Waals surface area contributed by atoms with Gasteiger partial charge in [-0.05, 0) is 30.3 Å². The summed E-state index contributed by atoms with van der Waals surface area (Å²) in [6, 6.07) is 16.9. The minimum absolute atomic E-state index is 0.0574. The summed E-state index contributed by atoms with van der Waals surface area (Å²) in [5, 5.41) is 15.1. The summed E-state index contributed by atoms with van der Waals surface area (Å²) >= 11 is 0. The second kappa shape index (κ2) is 6.13. The van der Waals surface area contributed by atoms with E-state index in [1.54, 1.807) is 18.2 Å². The first-order valence-electron chi connectivity index (χ1n) is 6.79. The molecule has 5 nitrogen and oxygen atoms in total. The number of aromatic nitrogens is 1. The van der Waals surface area contributed by atoms with Crippen molar-refractivity contribution in [2.45, 2.75) is 0 Å². The summed E-state index contributed by atoms with van der Waals surface area (Å²) in [5.74, 6) is 1.10. The van der Waals surface area contributed by atoms with Gasteiger partial charge in [0.05, 0.1) is 18.8 Å². The molecule has 0 unspecified atom stereocenters. The molecule has 1 aromatic heterocycles. The average molecular weight is 293 g/mol. The van der Waals surface area contributed by atoms with Crippen molar-refractivity contribution >= 4 is 22.9 Å². The number of anilines is 1. The number of rotatable bonds is 4. The SMILES string of the molecule is COc1cccc(C=NNc2ccc3ccccc3n2)c1O. The van der Waals surface area contributed by atoms with Crippen LogP contribution < -0.4 is 10.2 Å². The van der Waals surface area contributed by atoms with Gasteiger partial charge in [-0.25, -0.2) is 4.98 Å². The van der Waals surface area contributed by atoms with Crippen LogP contribution in [-0.4, -0.2) is 23.4 Å². The van der Waals surface area contributed by atoms with Gasteiger partial charge in [-0.3, -0.25) is 5.43 Å². The number of benzene rings is 2. The topological polar surface area (TPSA) is 66.7 Å². The van der Waals surface area contributed by atoms with Gasteiger partial charge in [0.2, 0.25) is 0 Å². The summed E-state index contributed by atoms with van der Waals surface area (Å²) in [6.07, 6.45) is 1.52. The van der Waals surface area contributed by atoms with Crippen LogP contribution in [0.4, 0.5) is 5.82 Å². The fourth-order valence-corrected chi connectivity index (χ4v) is 2.10. The number of nitrogens with one attached hydrogen (secondary N) is 1. The van der Waals surface area contributed by atoms with Crippen LogP contribution >= 0.6 is 0 Å². The Morgan fingerprint density at radius 3 is 2.82 bits per heavy atom. The number of aromatic hydroxyl groups is 1. The molecule has 2 aromatic carbocycles. The molecule has 0 saturated carbocycles. The first-order chi connectivity index (χ1) is 10.8. The average Bonchev–Trinajstić information content (AvgIpc) is 2.56. The minimum Gasteiger partial charge on any atom is -0.504 e. The van der Waals surface area contributed by atoms with Crippen molar-refractivity contribution in [3.63, 3.8) is 0 Å². The smallest absolute Gasteiger partial charge is 0.166 e. The van der Waals surface area contributed by atoms with E-state index in [-0.39, 0.29) is 5.75 Å². The van der Waals surface area contributed by atoms with E-state index in [4.69, 9.17) is 4.74 Å². The molecular weight excluding hydrogens is 278 g/mol. The summed E-state index contributed by atoms with van der Waals surface area (Å²) in [5.41, 5.74) is 4.31. The third-order valence-electron chi connectivity index (χ3n) is 3.23. The lowest BCUT2D eigenvalue weighted by Crippen LogP contribution is -1.94. The maximum Gasteiger partial charge on any atom is 0.166 e. The van der Waals surface area contributed by atoms with E-state index in [1.165, 1.54) is 13.3 Å². The number of fused-ring (bicyclic) bond motifs is 1. The first-order valence-corrected chi connectivity index (χ1v) is 6.79. The predicted molar refractivity (Wildman–Crippen MR) is 87.6 cm³/mol. The van der Waals surface area contributed by atoms with Gasteiger partial charge >= 0.3 is 0 Å². The van der Waals surface area contributed by atoms with E-state index in [9.17, 15) is 5.11 Å². The van der Waals surface area contributed by atoms with Gasteiger partial charge in [0.15, 0.2) is 11.5 Å². The van der Waals surface area contributed by atoms with Crippen molar-refractivity contribution in [2.75, 3.05) is 12.5 Å². The number of phenolic OH excluding ortho intramolecular Hbond substituents is 1. The molecule has 1 heterocycles. The van der Waals surface area contributed by atoms with E-state index in [2.05, 4.69) is 15.5 Å². The quantitative estimate of drug-likeness (QED) is 0.571. The molecule has 0 atom stereocenters. The number of ether oxygens (including phenoxy) is 1. The zero-order valence-corrected chi connectivity index (χ0v) is 12.0. The molecule has 0 spiro atoms. The molecule has 5 heteroatoms. The van der Waals surface area contributed by atoms with E-state index < -0.39 is 0 Å². The fraction of sp³-hybridized carbons (Fsp3) is 0.0588. The van der Waals surface area contributed by atoms with Crippen LogP contribution in [-0.2, 0) is 0 Å². The van der Waals surface area contributed by atoms with Gasteiger partial charge in [-0.15, -0.1) is 0 Å². The van der Waals surface area contributed by atoms with Gasteiger partial charge < -0.3 is 9.84 Å². The molecular formula is C17H15N3O2. The van der Waals surface area contributed by atoms with Crippen LogP contribution in [0.25, 0.3) is 10.9 Å². The van der Waals surface area contributed by atoms with Crippen molar-refractivity contribution in [2.24, 2.45) is 5.10 Å². The molecule has 0 aliphatic carbocycles. The van der Waals surface area contributed by atoms with Crippen LogP contribution in [0.2, 0.25) is 0 Å². The third-order valence-corrected chi connectivity index (χ3v) is 3.23. The lowest BCUT2D eigenvalue weighted by atomic mass is 10.2. The van der Waals surface area contributed by atoms with Crippen LogP contribution in [0.1, 0.15) is 5.56 Å². The van der Waals surface area contributed by atoms with Crippen LogP contribution in [0.3, 0.4) is 0 Å². The normalized spacial score (nSPS) is 11.0. The highest BCUT2D eigenvalue weighted by Gasteiger charge is 2.04. The molecule has 0 saturated heterocycles. The Bertz CT molecular complexity index is 831. The second-order valence-corrected chi connectivity index (χ2v) is 4.66. The Morgan fingerprint density at radius 2 is 1.95 bits per heavy atom. The maximum atomic E-state index is 9.97. The molecule has 3 aromatic rings. The lowest BCUT2D eigenvalue weighted by molar-refractivity contribution is 0.373. The van der Waals surface area contributed by atoms with Crippen LogP contribution in [0, 0.1) is 0 Å². The number of pyridine rings is 1. The highest BCUT2D eigenvalue weighted by Crippen LogP contribution is 2.28. The van der Waals surface area contributed by atoms with E-state index in [0.29, 0.717) is 17.1 Å². The first kappa shape index (κ1) is 13.9. The Labute approximate surface area is 127 Å². The van der Waals surface area contributed by atoms with E-state index in [1.807, 2.05) is 36.4 Å². The highest BCUT2D eigenvalue weighted by atomic mass is 16.5. The molecule has 2 N–H and O–H groups in total. The van der Waals surface area contributed by atoms with E-state index >= 15 is 0 Å². The molecule has 110 valence electrons. The van der Waals surface area contributed by atoms with Crippen molar-refractivity contribution in [1.29, 1.82) is 0 Å². The number of hydrogen-bond donors (Lipinski definition) is 2. The molecule has 0 fully saturated rings. The zero-order chi connectivity index (χ0) is 15.4. The summed E-state index contributed by atoms with van der Waals surface area (Å²) in [6.45, 7) is 0. The highest BCUT2D eigenvalue weighted by molar-refractivity contribution is 5.85. The van der Waals surface area contributed by atoms with Crippen LogP contribution in [0.15, 0.2) is 59.7 Å². The molecule has 3 rings (SSSR count). The second-order valence-electron chi connectivity index (χ2n) is 4.66. The monoisotopic (exact) mass is 293 g/mol. The van der Waals surface area contributed by atoms with Gasteiger partial charge in [0.1, 0.15) is 5.82 Å². The van der Waals surface area contributed by atoms with Crippen molar-refractivity contribution in [3.8, 4) is 11.5 Å². The van der Waals surface area contributed by atoms with Crippen molar-refractivity contribution in [1.82, 2.24) is 4.98 Å². The molecule has 0 bridgehead atoms. The molecule has 0 radical (unpaired) electrons. The summed E-state index contributed by atoms with van der Waals surface area (Å²) in [7, 11) is 1.51. The van der Waals surface area contributed by atoms with Gasteiger partial charge in [-0.2, -0.15) is 5.10 Å². The predicted octanol–water partition coefficient (Wildman–Crippen LogP) is 3.40. The van der Waals surface area contributed by atoms with Gasteiger partial charge in [-0.1, -0.05) is 24.3 Å². The summed E-state index contributed by atoms with van der Waals surface area (Å²) < 4.78 is 5.05. The Balaban J connectivity index is 1.78. The number of nitrogens with zero attached hydrogens (tertiary/aromatic N) is 2. The standard InChI is InChI=1S/C17H15N3O2/c1-22-15-8-4-6-13(17(15)21)11-18-20-16-10-9-12-5-2-3-7-14(12)19-16/h2-11,21H,1H3,(H,19,20). The third kappa shape index (κ3) is 2.83. The fourth-order valence-electron chi connectivity index (χ4n) is 2.10. The Hall–Kier alpha value is -3.08. The largest absolute Gasteiger partial charge is 0.504 e. The van der Waals surface area contributed by atoms with Crippen molar-refractivity contribution < 1.29 is 9.84 Å².